The SMILES string of the molecule is COC(=O)c1sc(NC2CCN(C(=O)C3CCCC3)C2)nc1Cl. The Morgan fingerprint density at radius 3 is 2.78 bits per heavy atom. The number of methoxy groups -OCH3 is 1. The topological polar surface area (TPSA) is 71.5 Å². The first kappa shape index (κ1) is 16.5. The van der Waals surface area contributed by atoms with Gasteiger partial charge in [0, 0.05) is 25.0 Å². The maximum absolute atomic E-state index is 12.4. The number of halogens is 1. The van der Waals surface area contributed by atoms with Gasteiger partial charge in [-0.1, -0.05) is 35.8 Å². The predicted octanol–water partition coefficient (Wildman–Crippen LogP) is 2.79. The molecule has 1 aliphatic carbocycles. The van der Waals surface area contributed by atoms with Gasteiger partial charge in [-0.3, -0.25) is 4.79 Å². The zero-order chi connectivity index (χ0) is 16.4. The summed E-state index contributed by atoms with van der Waals surface area (Å²) in [7, 11) is 1.31. The number of rotatable bonds is 4. The molecule has 0 bridgehead atoms. The summed E-state index contributed by atoms with van der Waals surface area (Å²) >= 11 is 7.15. The van der Waals surface area contributed by atoms with Gasteiger partial charge in [-0.15, -0.1) is 0 Å². The molecule has 1 saturated heterocycles. The van der Waals surface area contributed by atoms with E-state index in [9.17, 15) is 9.59 Å². The monoisotopic (exact) mass is 357 g/mol. The maximum atomic E-state index is 12.4. The van der Waals surface area contributed by atoms with Crippen LogP contribution in [0, 0.1) is 5.92 Å². The van der Waals surface area contributed by atoms with Gasteiger partial charge >= 0.3 is 5.97 Å². The number of hydrogen-bond donors (Lipinski definition) is 1. The summed E-state index contributed by atoms with van der Waals surface area (Å²) in [6, 6.07) is 0.146. The Labute approximate surface area is 144 Å². The molecule has 0 aromatic carbocycles. The Hall–Kier alpha value is -1.34. The van der Waals surface area contributed by atoms with Crippen LogP contribution in [-0.2, 0) is 9.53 Å². The van der Waals surface area contributed by atoms with Gasteiger partial charge in [-0.2, -0.15) is 0 Å². The number of esters is 1. The van der Waals surface area contributed by atoms with Gasteiger partial charge in [0.05, 0.1) is 7.11 Å². The van der Waals surface area contributed by atoms with Crippen molar-refractivity contribution in [3.63, 3.8) is 0 Å². The van der Waals surface area contributed by atoms with Crippen molar-refractivity contribution in [3.05, 3.63) is 10.0 Å². The molecule has 0 spiro atoms. The van der Waals surface area contributed by atoms with E-state index in [0.29, 0.717) is 22.5 Å². The van der Waals surface area contributed by atoms with Crippen LogP contribution in [0.5, 0.6) is 0 Å². The summed E-state index contributed by atoms with van der Waals surface area (Å²) in [5.74, 6) is 0.0261. The van der Waals surface area contributed by atoms with Crippen LogP contribution in [0.4, 0.5) is 5.13 Å². The number of amides is 1. The Bertz CT molecular complexity index is 601. The molecule has 1 saturated carbocycles. The molecule has 3 rings (SSSR count). The summed E-state index contributed by atoms with van der Waals surface area (Å²) in [5.41, 5.74) is 0. The number of ether oxygens (including phenoxy) is 1. The summed E-state index contributed by atoms with van der Waals surface area (Å²) in [6.07, 6.45) is 5.26. The second kappa shape index (κ2) is 7.05. The van der Waals surface area contributed by atoms with Crippen molar-refractivity contribution >= 4 is 39.9 Å². The molecule has 1 aromatic heterocycles. The number of carbonyl (C=O) groups excluding carboxylic acids is 2. The molecular weight excluding hydrogens is 338 g/mol. The molecule has 1 aliphatic heterocycles. The number of likely N-dealkylation sites (tertiary alicyclic amines) is 1. The summed E-state index contributed by atoms with van der Waals surface area (Å²) in [6.45, 7) is 1.45. The van der Waals surface area contributed by atoms with Crippen molar-refractivity contribution in [1.82, 2.24) is 9.88 Å². The van der Waals surface area contributed by atoms with E-state index in [-0.39, 0.29) is 17.1 Å². The van der Waals surface area contributed by atoms with Crippen LogP contribution in [0.1, 0.15) is 41.8 Å². The summed E-state index contributed by atoms with van der Waals surface area (Å²) in [5, 5.41) is 4.02. The van der Waals surface area contributed by atoms with Crippen LogP contribution in [-0.4, -0.2) is 48.0 Å². The lowest BCUT2D eigenvalue weighted by Crippen LogP contribution is -2.35. The van der Waals surface area contributed by atoms with Crippen LogP contribution in [0.2, 0.25) is 5.15 Å². The average Bonchev–Trinajstić information content (AvgIpc) is 3.27. The van der Waals surface area contributed by atoms with E-state index in [1.54, 1.807) is 0 Å². The van der Waals surface area contributed by atoms with E-state index in [2.05, 4.69) is 15.0 Å². The number of nitrogens with one attached hydrogen (secondary N) is 1. The Morgan fingerprint density at radius 1 is 1.35 bits per heavy atom. The van der Waals surface area contributed by atoms with Gasteiger partial charge in [-0.05, 0) is 19.3 Å². The predicted molar refractivity (Wildman–Crippen MR) is 89.0 cm³/mol. The lowest BCUT2D eigenvalue weighted by atomic mass is 10.1. The molecular formula is C15H20ClN3O3S. The van der Waals surface area contributed by atoms with Crippen LogP contribution >= 0.6 is 22.9 Å². The zero-order valence-electron chi connectivity index (χ0n) is 13.0. The second-order valence-electron chi connectivity index (χ2n) is 6.03. The van der Waals surface area contributed by atoms with Gasteiger partial charge < -0.3 is 15.0 Å². The Morgan fingerprint density at radius 2 is 2.09 bits per heavy atom. The number of hydrogen-bond acceptors (Lipinski definition) is 6. The molecule has 1 aromatic rings. The van der Waals surface area contributed by atoms with E-state index < -0.39 is 5.97 Å². The molecule has 1 amide bonds. The molecule has 8 heteroatoms. The second-order valence-corrected chi connectivity index (χ2v) is 7.38. The first-order chi connectivity index (χ1) is 11.1. The van der Waals surface area contributed by atoms with E-state index in [0.717, 1.165) is 25.8 Å². The summed E-state index contributed by atoms with van der Waals surface area (Å²) in [4.78, 5) is 30.4. The highest BCUT2D eigenvalue weighted by Gasteiger charge is 2.32. The highest BCUT2D eigenvalue weighted by molar-refractivity contribution is 7.18. The molecule has 0 radical (unpaired) electrons. The minimum Gasteiger partial charge on any atom is -0.465 e. The van der Waals surface area contributed by atoms with Crippen molar-refractivity contribution in [3.8, 4) is 0 Å². The highest BCUT2D eigenvalue weighted by Crippen LogP contribution is 2.30. The molecule has 23 heavy (non-hydrogen) atoms. The van der Waals surface area contributed by atoms with Gasteiger partial charge in [-0.25, -0.2) is 9.78 Å². The van der Waals surface area contributed by atoms with Crippen LogP contribution in [0.25, 0.3) is 0 Å². The molecule has 1 atom stereocenters. The molecule has 2 heterocycles. The lowest BCUT2D eigenvalue weighted by molar-refractivity contribution is -0.134. The Balaban J connectivity index is 1.57. The largest absolute Gasteiger partial charge is 0.465 e. The van der Waals surface area contributed by atoms with E-state index >= 15 is 0 Å². The first-order valence-corrected chi connectivity index (χ1v) is 9.08. The normalized spacial score (nSPS) is 21.7. The number of aromatic nitrogens is 1. The van der Waals surface area contributed by atoms with Crippen molar-refractivity contribution in [1.29, 1.82) is 0 Å². The summed E-state index contributed by atoms with van der Waals surface area (Å²) < 4.78 is 4.67. The van der Waals surface area contributed by atoms with Crippen molar-refractivity contribution in [2.45, 2.75) is 38.1 Å². The molecule has 2 aliphatic rings. The molecule has 6 nitrogen and oxygen atoms in total. The van der Waals surface area contributed by atoms with E-state index in [4.69, 9.17) is 11.6 Å². The number of nitrogens with zero attached hydrogens (tertiary/aromatic N) is 2. The third kappa shape index (κ3) is 3.61. The van der Waals surface area contributed by atoms with Crippen LogP contribution in [0.15, 0.2) is 0 Å². The van der Waals surface area contributed by atoms with E-state index in [1.807, 2.05) is 4.90 Å². The van der Waals surface area contributed by atoms with Crippen LogP contribution < -0.4 is 5.32 Å². The smallest absolute Gasteiger partial charge is 0.351 e. The van der Waals surface area contributed by atoms with Gasteiger partial charge in [0.25, 0.3) is 0 Å². The van der Waals surface area contributed by atoms with Crippen molar-refractivity contribution < 1.29 is 14.3 Å². The van der Waals surface area contributed by atoms with Crippen molar-refractivity contribution in [2.24, 2.45) is 5.92 Å². The average molecular weight is 358 g/mol. The molecule has 2 fully saturated rings. The molecule has 1 N–H and O–H groups in total. The van der Waals surface area contributed by atoms with Gasteiger partial charge in [0.15, 0.2) is 15.2 Å². The fourth-order valence-corrected chi connectivity index (χ4v) is 4.45. The number of thiazole rings is 1. The standard InChI is InChI=1S/C15H20ClN3O3S/c1-22-14(21)11-12(16)18-15(23-11)17-10-6-7-19(8-10)13(20)9-4-2-3-5-9/h9-10H,2-8H2,1H3,(H,17,18). The molecule has 126 valence electrons. The first-order valence-electron chi connectivity index (χ1n) is 7.88. The minimum absolute atomic E-state index is 0.146. The van der Waals surface area contributed by atoms with Gasteiger partial charge in [0.1, 0.15) is 0 Å². The minimum atomic E-state index is -0.481. The van der Waals surface area contributed by atoms with Crippen molar-refractivity contribution in [2.75, 3.05) is 25.5 Å². The highest BCUT2D eigenvalue weighted by atomic mass is 35.5. The third-order valence-electron chi connectivity index (χ3n) is 4.49. The van der Waals surface area contributed by atoms with Gasteiger partial charge in [0.2, 0.25) is 5.91 Å². The fourth-order valence-electron chi connectivity index (χ4n) is 3.27. The maximum Gasteiger partial charge on any atom is 0.351 e. The zero-order valence-corrected chi connectivity index (χ0v) is 14.6. The third-order valence-corrected chi connectivity index (χ3v) is 5.84. The number of carbonyl (C=O) groups is 2. The quantitative estimate of drug-likeness (QED) is 0.839. The van der Waals surface area contributed by atoms with Crippen LogP contribution in [0.3, 0.4) is 0 Å². The molecule has 1 unspecified atom stereocenters. The lowest BCUT2D eigenvalue weighted by Gasteiger charge is -2.20. The fraction of sp³-hybridized carbons (Fsp3) is 0.667. The Kier molecular flexibility index (Phi) is 5.06. The van der Waals surface area contributed by atoms with E-state index in [1.165, 1.54) is 31.3 Å². The number of anilines is 1.